The van der Waals surface area contributed by atoms with Crippen LogP contribution >= 0.6 is 23.4 Å². The maximum Gasteiger partial charge on any atom is 0.352 e. The minimum Gasteiger partial charge on any atom is -0.494 e. The van der Waals surface area contributed by atoms with E-state index in [-0.39, 0.29) is 0 Å². The Labute approximate surface area is 186 Å². The molecule has 0 aliphatic carbocycles. The second kappa shape index (κ2) is 9.58. The second-order valence-electron chi connectivity index (χ2n) is 7.19. The number of benzene rings is 1. The van der Waals surface area contributed by atoms with Gasteiger partial charge in [0.25, 0.3) is 0 Å². The maximum atomic E-state index is 11.9. The summed E-state index contributed by atoms with van der Waals surface area (Å²) in [5.74, 6) is -0.145. The van der Waals surface area contributed by atoms with E-state index in [1.165, 1.54) is 11.8 Å². The number of pyridine rings is 1. The smallest absolute Gasteiger partial charge is 0.352 e. The first-order valence-electron chi connectivity index (χ1n) is 9.71. The van der Waals surface area contributed by atoms with Crippen molar-refractivity contribution in [1.82, 2.24) is 9.55 Å². The molecule has 0 fully saturated rings. The molecule has 0 aliphatic heterocycles. The summed E-state index contributed by atoms with van der Waals surface area (Å²) in [6.45, 7) is 8.76. The molecule has 158 valence electrons. The molecule has 5 nitrogen and oxygen atoms in total. The zero-order chi connectivity index (χ0) is 21.8. The van der Waals surface area contributed by atoms with Gasteiger partial charge in [-0.25, -0.2) is 9.78 Å². The molecule has 2 heterocycles. The number of nitrogens with zero attached hydrogens (tertiary/aromatic N) is 2. The Kier molecular flexibility index (Phi) is 7.10. The molecule has 0 atom stereocenters. The number of aromatic nitrogens is 2. The van der Waals surface area contributed by atoms with Crippen molar-refractivity contribution in [3.63, 3.8) is 0 Å². The number of rotatable bonds is 8. The van der Waals surface area contributed by atoms with Crippen molar-refractivity contribution in [2.24, 2.45) is 0 Å². The van der Waals surface area contributed by atoms with Gasteiger partial charge in [0.15, 0.2) is 0 Å². The van der Waals surface area contributed by atoms with Gasteiger partial charge in [-0.05, 0) is 75.1 Å². The summed E-state index contributed by atoms with van der Waals surface area (Å²) in [6.07, 6.45) is 2.42. The zero-order valence-corrected chi connectivity index (χ0v) is 19.1. The van der Waals surface area contributed by atoms with E-state index in [9.17, 15) is 9.90 Å². The highest BCUT2D eigenvalue weighted by molar-refractivity contribution is 7.99. The molecule has 0 saturated heterocycles. The predicted octanol–water partition coefficient (Wildman–Crippen LogP) is 6.09. The van der Waals surface area contributed by atoms with Gasteiger partial charge in [0.2, 0.25) is 0 Å². The van der Waals surface area contributed by atoms with Crippen molar-refractivity contribution < 1.29 is 14.6 Å². The molecule has 0 bridgehead atoms. The van der Waals surface area contributed by atoms with Crippen LogP contribution in [-0.4, -0.2) is 27.2 Å². The molecule has 1 aromatic carbocycles. The van der Waals surface area contributed by atoms with Gasteiger partial charge in [-0.3, -0.25) is 0 Å². The average molecular weight is 445 g/mol. The fourth-order valence-electron chi connectivity index (χ4n) is 3.49. The molecule has 0 aliphatic rings. The first kappa shape index (κ1) is 22.2. The quantitative estimate of drug-likeness (QED) is 0.426. The SMILES string of the molecule is Cc1cc(OCCCn2c(C)c(Sc3ccccn3)c(C)c2C(=O)O)cc(C)c1Cl. The first-order chi connectivity index (χ1) is 14.3. The lowest BCUT2D eigenvalue weighted by molar-refractivity contribution is 0.0683. The van der Waals surface area contributed by atoms with Crippen molar-refractivity contribution in [3.05, 3.63) is 69.6 Å². The molecule has 0 radical (unpaired) electrons. The van der Waals surface area contributed by atoms with Gasteiger partial charge in [-0.15, -0.1) is 0 Å². The van der Waals surface area contributed by atoms with Crippen molar-refractivity contribution in [2.75, 3.05) is 6.61 Å². The lowest BCUT2D eigenvalue weighted by atomic mass is 10.1. The number of carboxylic acids is 1. The summed E-state index contributed by atoms with van der Waals surface area (Å²) < 4.78 is 7.75. The van der Waals surface area contributed by atoms with Gasteiger partial charge >= 0.3 is 5.97 Å². The van der Waals surface area contributed by atoms with Crippen molar-refractivity contribution in [3.8, 4) is 5.75 Å². The molecule has 2 aromatic heterocycles. The molecular formula is C23H25ClN2O3S. The Hall–Kier alpha value is -2.44. The summed E-state index contributed by atoms with van der Waals surface area (Å²) in [4.78, 5) is 17.2. The van der Waals surface area contributed by atoms with Gasteiger partial charge in [0.1, 0.15) is 16.5 Å². The average Bonchev–Trinajstić information content (AvgIpc) is 2.94. The fourth-order valence-corrected chi connectivity index (χ4v) is 4.58. The van der Waals surface area contributed by atoms with Crippen LogP contribution in [0, 0.1) is 27.7 Å². The third-order valence-corrected chi connectivity index (χ3v) is 6.80. The molecule has 0 saturated carbocycles. The highest BCUT2D eigenvalue weighted by Gasteiger charge is 2.23. The van der Waals surface area contributed by atoms with E-state index >= 15 is 0 Å². The number of halogens is 1. The van der Waals surface area contributed by atoms with Crippen molar-refractivity contribution in [1.29, 1.82) is 0 Å². The Morgan fingerprint density at radius 1 is 1.20 bits per heavy atom. The van der Waals surface area contributed by atoms with Crippen LogP contribution in [0.15, 0.2) is 46.5 Å². The predicted molar refractivity (Wildman–Crippen MR) is 120 cm³/mol. The number of aromatic carboxylic acids is 1. The second-order valence-corrected chi connectivity index (χ2v) is 8.60. The third kappa shape index (κ3) is 4.82. The molecule has 3 rings (SSSR count). The monoisotopic (exact) mass is 444 g/mol. The summed E-state index contributed by atoms with van der Waals surface area (Å²) in [7, 11) is 0. The Balaban J connectivity index is 1.73. The molecule has 0 spiro atoms. The van der Waals surface area contributed by atoms with Gasteiger partial charge in [-0.1, -0.05) is 29.4 Å². The van der Waals surface area contributed by atoms with Crippen LogP contribution in [0.3, 0.4) is 0 Å². The topological polar surface area (TPSA) is 64.4 Å². The summed E-state index contributed by atoms with van der Waals surface area (Å²) in [5.41, 5.74) is 3.98. The molecule has 0 unspecified atom stereocenters. The summed E-state index contributed by atoms with van der Waals surface area (Å²) in [5, 5.41) is 11.4. The lowest BCUT2D eigenvalue weighted by Gasteiger charge is -2.12. The lowest BCUT2D eigenvalue weighted by Crippen LogP contribution is -2.13. The van der Waals surface area contributed by atoms with Crippen LogP contribution in [0.1, 0.15) is 39.3 Å². The standard InChI is InChI=1S/C23H25ClN2O3S/c1-14-12-18(13-15(2)20(14)24)29-11-7-10-26-17(4)22(16(3)21(26)23(27)28)30-19-8-5-6-9-25-19/h5-6,8-9,12-13H,7,10-11H2,1-4H3,(H,27,28). The first-order valence-corrected chi connectivity index (χ1v) is 10.9. The van der Waals surface area contributed by atoms with Crippen LogP contribution < -0.4 is 4.74 Å². The van der Waals surface area contributed by atoms with E-state index in [2.05, 4.69) is 4.98 Å². The van der Waals surface area contributed by atoms with Gasteiger partial charge in [-0.2, -0.15) is 0 Å². The maximum absolute atomic E-state index is 11.9. The van der Waals surface area contributed by atoms with Crippen LogP contribution in [0.4, 0.5) is 0 Å². The van der Waals surface area contributed by atoms with Gasteiger partial charge in [0, 0.05) is 28.4 Å². The Morgan fingerprint density at radius 2 is 1.90 bits per heavy atom. The summed E-state index contributed by atoms with van der Waals surface area (Å²) in [6, 6.07) is 9.55. The Bertz CT molecular complexity index is 1040. The van der Waals surface area contributed by atoms with Crippen molar-refractivity contribution >= 4 is 29.3 Å². The number of carbonyl (C=O) groups is 1. The highest BCUT2D eigenvalue weighted by atomic mass is 35.5. The fraction of sp³-hybridized carbons (Fsp3) is 0.304. The van der Waals surface area contributed by atoms with E-state index in [0.29, 0.717) is 25.3 Å². The van der Waals surface area contributed by atoms with Crippen molar-refractivity contribution in [2.45, 2.75) is 50.6 Å². The van der Waals surface area contributed by atoms with E-state index < -0.39 is 5.97 Å². The van der Waals surface area contributed by atoms with Crippen LogP contribution in [-0.2, 0) is 6.54 Å². The number of aryl methyl sites for hydroxylation is 2. The molecule has 1 N–H and O–H groups in total. The van der Waals surface area contributed by atoms with E-state index in [1.54, 1.807) is 6.20 Å². The molecule has 7 heteroatoms. The van der Waals surface area contributed by atoms with Gasteiger partial charge < -0.3 is 14.4 Å². The number of hydrogen-bond donors (Lipinski definition) is 1. The normalized spacial score (nSPS) is 11.0. The molecule has 30 heavy (non-hydrogen) atoms. The van der Waals surface area contributed by atoms with E-state index in [1.807, 2.05) is 62.6 Å². The third-order valence-electron chi connectivity index (χ3n) is 4.95. The van der Waals surface area contributed by atoms with Crippen LogP contribution in [0.25, 0.3) is 0 Å². The van der Waals surface area contributed by atoms with Crippen LogP contribution in [0.5, 0.6) is 5.75 Å². The van der Waals surface area contributed by atoms with E-state index in [0.717, 1.165) is 43.1 Å². The minimum absolute atomic E-state index is 0.323. The molecular weight excluding hydrogens is 420 g/mol. The number of carboxylic acid groups (broad SMARTS) is 1. The van der Waals surface area contributed by atoms with Crippen LogP contribution in [0.2, 0.25) is 5.02 Å². The number of ether oxygens (including phenoxy) is 1. The zero-order valence-electron chi connectivity index (χ0n) is 17.5. The Morgan fingerprint density at radius 3 is 2.50 bits per heavy atom. The van der Waals surface area contributed by atoms with E-state index in [4.69, 9.17) is 16.3 Å². The van der Waals surface area contributed by atoms with Gasteiger partial charge in [0.05, 0.1) is 6.61 Å². The number of hydrogen-bond acceptors (Lipinski definition) is 4. The summed E-state index contributed by atoms with van der Waals surface area (Å²) >= 11 is 7.70. The highest BCUT2D eigenvalue weighted by Crippen LogP contribution is 2.35. The molecule has 3 aromatic rings. The largest absolute Gasteiger partial charge is 0.494 e. The molecule has 0 amide bonds. The minimum atomic E-state index is -0.923.